The number of anilines is 2. The molecule has 2 aromatic rings. The molecule has 1 amide bonds. The summed E-state index contributed by atoms with van der Waals surface area (Å²) < 4.78 is 16.5. The maximum absolute atomic E-state index is 12.7. The van der Waals surface area contributed by atoms with Gasteiger partial charge in [-0.25, -0.2) is 0 Å². The SMILES string of the molecule is COc1ccc(Nc2ccc(C(=O)N3CCC4(CC3)OCCO4)nn2)cc1. The number of piperidine rings is 1. The van der Waals surface area contributed by atoms with E-state index in [-0.39, 0.29) is 5.91 Å². The van der Waals surface area contributed by atoms with Crippen LogP contribution >= 0.6 is 0 Å². The van der Waals surface area contributed by atoms with Crippen molar-refractivity contribution in [2.45, 2.75) is 18.6 Å². The van der Waals surface area contributed by atoms with Gasteiger partial charge < -0.3 is 24.4 Å². The number of rotatable bonds is 4. The van der Waals surface area contributed by atoms with E-state index in [0.29, 0.717) is 50.7 Å². The van der Waals surface area contributed by atoms with Crippen LogP contribution in [0.2, 0.25) is 0 Å². The zero-order valence-electron chi connectivity index (χ0n) is 15.2. The quantitative estimate of drug-likeness (QED) is 0.883. The molecule has 27 heavy (non-hydrogen) atoms. The van der Waals surface area contributed by atoms with Crippen LogP contribution in [-0.2, 0) is 9.47 Å². The van der Waals surface area contributed by atoms with Gasteiger partial charge in [0.1, 0.15) is 5.75 Å². The number of carbonyl (C=O) groups excluding carboxylic acids is 1. The van der Waals surface area contributed by atoms with Crippen molar-refractivity contribution in [2.24, 2.45) is 0 Å². The summed E-state index contributed by atoms with van der Waals surface area (Å²) in [7, 11) is 1.62. The molecule has 2 fully saturated rings. The molecule has 3 heterocycles. The van der Waals surface area contributed by atoms with E-state index in [9.17, 15) is 4.79 Å². The van der Waals surface area contributed by atoms with Gasteiger partial charge in [0, 0.05) is 31.6 Å². The lowest BCUT2D eigenvalue weighted by molar-refractivity contribution is -0.181. The maximum Gasteiger partial charge on any atom is 0.274 e. The molecule has 2 aliphatic heterocycles. The number of hydrogen-bond donors (Lipinski definition) is 1. The summed E-state index contributed by atoms with van der Waals surface area (Å²) in [4.78, 5) is 14.4. The van der Waals surface area contributed by atoms with Crippen LogP contribution < -0.4 is 10.1 Å². The first-order chi connectivity index (χ1) is 13.2. The Morgan fingerprint density at radius 2 is 1.78 bits per heavy atom. The second kappa shape index (κ2) is 7.50. The van der Waals surface area contributed by atoms with Crippen LogP contribution in [0, 0.1) is 0 Å². The van der Waals surface area contributed by atoms with E-state index in [1.165, 1.54) is 0 Å². The molecule has 0 aliphatic carbocycles. The zero-order valence-corrected chi connectivity index (χ0v) is 15.2. The number of nitrogens with one attached hydrogen (secondary N) is 1. The first-order valence-electron chi connectivity index (χ1n) is 8.99. The summed E-state index contributed by atoms with van der Waals surface area (Å²) in [5, 5.41) is 11.3. The lowest BCUT2D eigenvalue weighted by atomic mass is 10.0. The molecule has 1 spiro atoms. The maximum atomic E-state index is 12.7. The van der Waals surface area contributed by atoms with Crippen LogP contribution in [0.1, 0.15) is 23.3 Å². The molecule has 2 aliphatic rings. The van der Waals surface area contributed by atoms with Gasteiger partial charge in [0.05, 0.1) is 20.3 Å². The largest absolute Gasteiger partial charge is 0.497 e. The van der Waals surface area contributed by atoms with E-state index in [1.54, 1.807) is 24.1 Å². The fraction of sp³-hybridized carbons (Fsp3) is 0.421. The predicted octanol–water partition coefficient (Wildman–Crippen LogP) is 2.21. The van der Waals surface area contributed by atoms with Gasteiger partial charge in [-0.05, 0) is 36.4 Å². The Hall–Kier alpha value is -2.71. The highest BCUT2D eigenvalue weighted by molar-refractivity contribution is 5.92. The molecule has 8 heteroatoms. The number of aromatic nitrogens is 2. The fourth-order valence-corrected chi connectivity index (χ4v) is 3.33. The molecule has 0 unspecified atom stereocenters. The van der Waals surface area contributed by atoms with Crippen molar-refractivity contribution < 1.29 is 19.0 Å². The zero-order chi connectivity index (χ0) is 18.7. The topological polar surface area (TPSA) is 85.8 Å². The Balaban J connectivity index is 1.36. The minimum absolute atomic E-state index is 0.119. The van der Waals surface area contributed by atoms with E-state index in [1.807, 2.05) is 24.3 Å². The number of amides is 1. The van der Waals surface area contributed by atoms with Gasteiger partial charge in [-0.1, -0.05) is 0 Å². The Labute approximate surface area is 157 Å². The van der Waals surface area contributed by atoms with Crippen molar-refractivity contribution in [2.75, 3.05) is 38.7 Å². The van der Waals surface area contributed by atoms with Gasteiger partial charge in [0.25, 0.3) is 5.91 Å². The summed E-state index contributed by atoms with van der Waals surface area (Å²) in [5.41, 5.74) is 1.20. The number of ether oxygens (including phenoxy) is 3. The van der Waals surface area contributed by atoms with Crippen LogP contribution in [0.5, 0.6) is 5.75 Å². The molecule has 0 saturated carbocycles. The van der Waals surface area contributed by atoms with Gasteiger partial charge in [0.15, 0.2) is 17.3 Å². The number of hydrogen-bond acceptors (Lipinski definition) is 7. The average Bonchev–Trinajstić information content (AvgIpc) is 3.17. The highest BCUT2D eigenvalue weighted by Crippen LogP contribution is 2.31. The second-order valence-corrected chi connectivity index (χ2v) is 6.56. The van der Waals surface area contributed by atoms with Crippen molar-refractivity contribution in [1.29, 1.82) is 0 Å². The van der Waals surface area contributed by atoms with Crippen molar-refractivity contribution in [3.05, 3.63) is 42.1 Å². The summed E-state index contributed by atoms with van der Waals surface area (Å²) in [5.74, 6) is 0.743. The third-order valence-corrected chi connectivity index (χ3v) is 4.87. The highest BCUT2D eigenvalue weighted by atomic mass is 16.7. The first-order valence-corrected chi connectivity index (χ1v) is 8.99. The van der Waals surface area contributed by atoms with Crippen LogP contribution in [0.3, 0.4) is 0 Å². The monoisotopic (exact) mass is 370 g/mol. The Morgan fingerprint density at radius 3 is 2.37 bits per heavy atom. The highest BCUT2D eigenvalue weighted by Gasteiger charge is 2.41. The number of likely N-dealkylation sites (tertiary alicyclic amines) is 1. The standard InChI is InChI=1S/C19H22N4O4/c1-25-15-4-2-14(3-5-15)20-17-7-6-16(21-22-17)18(24)23-10-8-19(9-11-23)26-12-13-27-19/h2-7H,8-13H2,1H3,(H,20,22). The molecule has 1 N–H and O–H groups in total. The minimum atomic E-state index is -0.491. The van der Waals surface area contributed by atoms with Crippen LogP contribution in [0.15, 0.2) is 36.4 Å². The third kappa shape index (κ3) is 3.86. The molecular weight excluding hydrogens is 348 g/mol. The molecule has 142 valence electrons. The van der Waals surface area contributed by atoms with Crippen molar-refractivity contribution in [3.63, 3.8) is 0 Å². The molecule has 0 bridgehead atoms. The molecule has 0 atom stereocenters. The van der Waals surface area contributed by atoms with Crippen molar-refractivity contribution in [3.8, 4) is 5.75 Å². The third-order valence-electron chi connectivity index (χ3n) is 4.87. The van der Waals surface area contributed by atoms with Gasteiger partial charge in [-0.3, -0.25) is 4.79 Å². The summed E-state index contributed by atoms with van der Waals surface area (Å²) in [6, 6.07) is 10.9. The molecule has 1 aromatic heterocycles. The van der Waals surface area contributed by atoms with Crippen molar-refractivity contribution in [1.82, 2.24) is 15.1 Å². The fourth-order valence-electron chi connectivity index (χ4n) is 3.33. The molecule has 0 radical (unpaired) electrons. The summed E-state index contributed by atoms with van der Waals surface area (Å²) >= 11 is 0. The smallest absolute Gasteiger partial charge is 0.274 e. The lowest BCUT2D eigenvalue weighted by Crippen LogP contribution is -2.47. The van der Waals surface area contributed by atoms with E-state index >= 15 is 0 Å². The van der Waals surface area contributed by atoms with Gasteiger partial charge in [-0.2, -0.15) is 0 Å². The van der Waals surface area contributed by atoms with Crippen molar-refractivity contribution >= 4 is 17.4 Å². The molecular formula is C19H22N4O4. The molecule has 8 nitrogen and oxygen atoms in total. The van der Waals surface area contributed by atoms with E-state index < -0.39 is 5.79 Å². The van der Waals surface area contributed by atoms with Gasteiger partial charge in [-0.15, -0.1) is 10.2 Å². The van der Waals surface area contributed by atoms with E-state index in [0.717, 1.165) is 11.4 Å². The normalized spacial score (nSPS) is 18.5. The predicted molar refractivity (Wildman–Crippen MR) is 98.1 cm³/mol. The molecule has 1 aromatic carbocycles. The number of nitrogens with zero attached hydrogens (tertiary/aromatic N) is 3. The van der Waals surface area contributed by atoms with Crippen LogP contribution in [0.4, 0.5) is 11.5 Å². The number of methoxy groups -OCH3 is 1. The Kier molecular flexibility index (Phi) is 4.91. The Bertz CT molecular complexity index is 778. The molecule has 4 rings (SSSR count). The van der Waals surface area contributed by atoms with Gasteiger partial charge >= 0.3 is 0 Å². The second-order valence-electron chi connectivity index (χ2n) is 6.56. The molecule has 2 saturated heterocycles. The van der Waals surface area contributed by atoms with E-state index in [2.05, 4.69) is 15.5 Å². The van der Waals surface area contributed by atoms with Crippen LogP contribution in [-0.4, -0.2) is 60.2 Å². The minimum Gasteiger partial charge on any atom is -0.497 e. The van der Waals surface area contributed by atoms with Crippen LogP contribution in [0.25, 0.3) is 0 Å². The first kappa shape index (κ1) is 17.7. The summed E-state index contributed by atoms with van der Waals surface area (Å²) in [6.07, 6.45) is 1.37. The number of benzene rings is 1. The van der Waals surface area contributed by atoms with Gasteiger partial charge in [0.2, 0.25) is 0 Å². The number of carbonyl (C=O) groups is 1. The Morgan fingerprint density at radius 1 is 1.07 bits per heavy atom. The van der Waals surface area contributed by atoms with E-state index in [4.69, 9.17) is 14.2 Å². The average molecular weight is 370 g/mol. The summed E-state index contributed by atoms with van der Waals surface area (Å²) in [6.45, 7) is 2.43. The lowest BCUT2D eigenvalue weighted by Gasteiger charge is -2.37.